The van der Waals surface area contributed by atoms with E-state index < -0.39 is 15.7 Å². The molecule has 0 aliphatic rings. The molecule has 0 saturated carbocycles. The molecule has 1 amide bonds. The quantitative estimate of drug-likeness (QED) is 0.619. The van der Waals surface area contributed by atoms with Crippen LogP contribution in [0.25, 0.3) is 10.2 Å². The van der Waals surface area contributed by atoms with Crippen molar-refractivity contribution in [2.45, 2.75) is 11.4 Å². The number of carbonyl (C=O) groups is 1. The van der Waals surface area contributed by atoms with E-state index in [1.165, 1.54) is 17.6 Å². The van der Waals surface area contributed by atoms with Gasteiger partial charge in [0, 0.05) is 24.1 Å². The SMILES string of the molecule is CSCCn1c(=NC(=O)c2ccc(C#N)cc2)sc2cc(S(C)(=O)=O)ccc21. The summed E-state index contributed by atoms with van der Waals surface area (Å²) in [7, 11) is -3.32. The van der Waals surface area contributed by atoms with Crippen LogP contribution < -0.4 is 4.80 Å². The van der Waals surface area contributed by atoms with Crippen LogP contribution in [0.15, 0.2) is 52.4 Å². The Morgan fingerprint density at radius 2 is 1.96 bits per heavy atom. The minimum atomic E-state index is -3.32. The maximum absolute atomic E-state index is 12.6. The van der Waals surface area contributed by atoms with Gasteiger partial charge in [-0.2, -0.15) is 22.0 Å². The average Bonchev–Trinajstić information content (AvgIpc) is 3.01. The maximum atomic E-state index is 12.6. The Hall–Kier alpha value is -2.41. The minimum absolute atomic E-state index is 0.239. The minimum Gasteiger partial charge on any atom is -0.316 e. The first-order valence-electron chi connectivity index (χ1n) is 8.25. The molecule has 2 aromatic carbocycles. The van der Waals surface area contributed by atoms with Gasteiger partial charge in [0.15, 0.2) is 14.6 Å². The summed E-state index contributed by atoms with van der Waals surface area (Å²) in [5, 5.41) is 8.88. The number of carbonyl (C=O) groups excluding carboxylic acids is 1. The van der Waals surface area contributed by atoms with Crippen LogP contribution in [0.4, 0.5) is 0 Å². The Kier molecular flexibility index (Phi) is 6.03. The van der Waals surface area contributed by atoms with Gasteiger partial charge in [0.1, 0.15) is 0 Å². The fraction of sp³-hybridized carbons (Fsp3) is 0.211. The summed E-state index contributed by atoms with van der Waals surface area (Å²) in [5.41, 5.74) is 1.71. The summed E-state index contributed by atoms with van der Waals surface area (Å²) in [6.45, 7) is 0.652. The van der Waals surface area contributed by atoms with Gasteiger partial charge in [-0.05, 0) is 48.7 Å². The fourth-order valence-electron chi connectivity index (χ4n) is 2.61. The molecule has 0 atom stereocenters. The number of thiazole rings is 1. The molecule has 9 heteroatoms. The molecular weight excluding hydrogens is 414 g/mol. The van der Waals surface area contributed by atoms with Gasteiger partial charge in [0.2, 0.25) is 0 Å². The van der Waals surface area contributed by atoms with E-state index >= 15 is 0 Å². The highest BCUT2D eigenvalue weighted by molar-refractivity contribution is 7.98. The average molecular weight is 432 g/mol. The number of amides is 1. The lowest BCUT2D eigenvalue weighted by atomic mass is 10.1. The molecule has 144 valence electrons. The van der Waals surface area contributed by atoms with Gasteiger partial charge >= 0.3 is 0 Å². The molecule has 1 aromatic heterocycles. The van der Waals surface area contributed by atoms with Crippen molar-refractivity contribution >= 4 is 49.1 Å². The van der Waals surface area contributed by atoms with E-state index in [4.69, 9.17) is 5.26 Å². The number of hydrogen-bond donors (Lipinski definition) is 0. The third kappa shape index (κ3) is 4.35. The van der Waals surface area contributed by atoms with Crippen molar-refractivity contribution < 1.29 is 13.2 Å². The molecule has 0 aliphatic heterocycles. The number of sulfone groups is 1. The van der Waals surface area contributed by atoms with Gasteiger partial charge < -0.3 is 4.57 Å². The van der Waals surface area contributed by atoms with Crippen molar-refractivity contribution in [2.24, 2.45) is 4.99 Å². The number of aryl methyl sites for hydroxylation is 1. The number of fused-ring (bicyclic) bond motifs is 1. The smallest absolute Gasteiger partial charge is 0.279 e. The number of nitrogens with zero attached hydrogens (tertiary/aromatic N) is 3. The van der Waals surface area contributed by atoms with Gasteiger partial charge in [0.25, 0.3) is 5.91 Å². The zero-order valence-electron chi connectivity index (χ0n) is 15.2. The lowest BCUT2D eigenvalue weighted by Crippen LogP contribution is -2.18. The Balaban J connectivity index is 2.12. The second kappa shape index (κ2) is 8.31. The molecule has 0 fully saturated rings. The number of aromatic nitrogens is 1. The van der Waals surface area contributed by atoms with Crippen LogP contribution in [0, 0.1) is 11.3 Å². The third-order valence-corrected chi connectivity index (χ3v) is 6.80. The molecule has 0 aliphatic carbocycles. The van der Waals surface area contributed by atoms with E-state index in [1.54, 1.807) is 54.2 Å². The zero-order chi connectivity index (χ0) is 20.3. The Labute approximate surface area is 171 Å². The lowest BCUT2D eigenvalue weighted by molar-refractivity contribution is 0.0998. The summed E-state index contributed by atoms with van der Waals surface area (Å²) < 4.78 is 26.4. The highest BCUT2D eigenvalue weighted by Gasteiger charge is 2.13. The third-order valence-electron chi connectivity index (χ3n) is 4.06. The molecule has 6 nitrogen and oxygen atoms in total. The normalized spacial score (nSPS) is 12.2. The molecule has 3 rings (SSSR count). The predicted molar refractivity (Wildman–Crippen MR) is 112 cm³/mol. The van der Waals surface area contributed by atoms with E-state index in [9.17, 15) is 13.2 Å². The second-order valence-corrected chi connectivity index (χ2v) is 10.0. The van der Waals surface area contributed by atoms with Crippen molar-refractivity contribution in [1.82, 2.24) is 4.57 Å². The van der Waals surface area contributed by atoms with E-state index in [2.05, 4.69) is 4.99 Å². The Bertz CT molecular complexity index is 1250. The molecular formula is C19H17N3O3S3. The van der Waals surface area contributed by atoms with Gasteiger partial charge in [-0.15, -0.1) is 0 Å². The summed E-state index contributed by atoms with van der Waals surface area (Å²) >= 11 is 2.96. The Morgan fingerprint density at radius 3 is 2.57 bits per heavy atom. The van der Waals surface area contributed by atoms with Crippen LogP contribution in [-0.2, 0) is 16.4 Å². The van der Waals surface area contributed by atoms with Crippen LogP contribution >= 0.6 is 23.1 Å². The number of rotatable bonds is 5. The number of benzene rings is 2. The van der Waals surface area contributed by atoms with E-state index in [0.717, 1.165) is 16.0 Å². The van der Waals surface area contributed by atoms with Crippen LogP contribution in [0.5, 0.6) is 0 Å². The maximum Gasteiger partial charge on any atom is 0.279 e. The second-order valence-electron chi connectivity index (χ2n) is 6.04. The van der Waals surface area contributed by atoms with Gasteiger partial charge in [-0.3, -0.25) is 4.79 Å². The van der Waals surface area contributed by atoms with Gasteiger partial charge in [0.05, 0.1) is 26.7 Å². The van der Waals surface area contributed by atoms with Crippen LogP contribution in [-0.4, -0.2) is 37.2 Å². The topological polar surface area (TPSA) is 92.3 Å². The van der Waals surface area contributed by atoms with Crippen LogP contribution in [0.1, 0.15) is 15.9 Å². The van der Waals surface area contributed by atoms with Gasteiger partial charge in [-0.1, -0.05) is 11.3 Å². The summed E-state index contributed by atoms with van der Waals surface area (Å²) in [5.74, 6) is 0.426. The zero-order valence-corrected chi connectivity index (χ0v) is 17.7. The largest absolute Gasteiger partial charge is 0.316 e. The molecule has 0 unspecified atom stereocenters. The van der Waals surface area contributed by atoms with E-state index in [-0.39, 0.29) is 4.90 Å². The molecule has 0 N–H and O–H groups in total. The summed E-state index contributed by atoms with van der Waals surface area (Å²) in [6.07, 6.45) is 3.17. The molecule has 0 saturated heterocycles. The predicted octanol–water partition coefficient (Wildman–Crippen LogP) is 3.08. The molecule has 1 heterocycles. The van der Waals surface area contributed by atoms with Crippen molar-refractivity contribution in [3.05, 3.63) is 58.4 Å². The van der Waals surface area contributed by atoms with Gasteiger partial charge in [-0.25, -0.2) is 8.42 Å². The fourth-order valence-corrected chi connectivity index (χ4v) is 4.79. The van der Waals surface area contributed by atoms with Crippen LogP contribution in [0.2, 0.25) is 0 Å². The first kappa shape index (κ1) is 20.3. The standard InChI is InChI=1S/C19H17N3O3S3/c1-26-10-9-22-16-8-7-15(28(2,24)25)11-17(16)27-19(22)21-18(23)14-5-3-13(12-20)4-6-14/h3-8,11H,9-10H2,1-2H3. The van der Waals surface area contributed by atoms with Crippen molar-refractivity contribution in [3.8, 4) is 6.07 Å². The first-order chi connectivity index (χ1) is 13.3. The highest BCUT2D eigenvalue weighted by Crippen LogP contribution is 2.22. The molecule has 0 spiro atoms. The summed E-state index contributed by atoms with van der Waals surface area (Å²) in [6, 6.07) is 13.3. The molecule has 0 bridgehead atoms. The molecule has 3 aromatic rings. The Morgan fingerprint density at radius 1 is 1.25 bits per heavy atom. The number of thioether (sulfide) groups is 1. The van der Waals surface area contributed by atoms with Crippen LogP contribution in [0.3, 0.4) is 0 Å². The van der Waals surface area contributed by atoms with Crippen molar-refractivity contribution in [2.75, 3.05) is 18.3 Å². The monoisotopic (exact) mass is 431 g/mol. The lowest BCUT2D eigenvalue weighted by Gasteiger charge is -2.04. The number of hydrogen-bond acceptors (Lipinski definition) is 6. The molecule has 0 radical (unpaired) electrons. The first-order valence-corrected chi connectivity index (χ1v) is 12.4. The van der Waals surface area contributed by atoms with Crippen molar-refractivity contribution in [1.29, 1.82) is 5.26 Å². The summed E-state index contributed by atoms with van der Waals surface area (Å²) in [4.78, 5) is 17.6. The number of nitriles is 1. The van der Waals surface area contributed by atoms with Crippen molar-refractivity contribution in [3.63, 3.8) is 0 Å². The van der Waals surface area contributed by atoms with E-state index in [1.807, 2.05) is 16.9 Å². The van der Waals surface area contributed by atoms with E-state index in [0.29, 0.717) is 22.5 Å². The molecule has 28 heavy (non-hydrogen) atoms. The highest BCUT2D eigenvalue weighted by atomic mass is 32.2.